The molecule has 0 atom stereocenters. The highest BCUT2D eigenvalue weighted by molar-refractivity contribution is 6.16. The van der Waals surface area contributed by atoms with Crippen LogP contribution in [-0.2, 0) is 0 Å². The summed E-state index contributed by atoms with van der Waals surface area (Å²) in [6.45, 7) is 0. The molecule has 220 valence electrons. The molecular weight excluding hydrogens is 574 g/mol. The van der Waals surface area contributed by atoms with Crippen LogP contribution in [-0.4, -0.2) is 15.0 Å². The second-order valence-electron chi connectivity index (χ2n) is 11.6. The van der Waals surface area contributed by atoms with Gasteiger partial charge in [-0.25, -0.2) is 15.0 Å². The molecule has 0 amide bonds. The van der Waals surface area contributed by atoms with Gasteiger partial charge in [-0.2, -0.15) is 0 Å². The zero-order chi connectivity index (χ0) is 31.2. The van der Waals surface area contributed by atoms with Crippen LogP contribution in [0.2, 0.25) is 0 Å². The van der Waals surface area contributed by atoms with Crippen molar-refractivity contribution < 1.29 is 4.42 Å². The van der Waals surface area contributed by atoms with Crippen LogP contribution in [0.25, 0.3) is 89.1 Å². The van der Waals surface area contributed by atoms with E-state index < -0.39 is 0 Å². The van der Waals surface area contributed by atoms with Crippen LogP contribution >= 0.6 is 0 Å². The summed E-state index contributed by atoms with van der Waals surface area (Å²) in [6, 6.07) is 55.9. The van der Waals surface area contributed by atoms with E-state index in [1.165, 1.54) is 0 Å². The topological polar surface area (TPSA) is 51.8 Å². The average Bonchev–Trinajstić information content (AvgIpc) is 3.56. The minimum absolute atomic E-state index is 0.709. The lowest BCUT2D eigenvalue weighted by Gasteiger charge is -2.11. The van der Waals surface area contributed by atoms with E-state index in [1.54, 1.807) is 0 Å². The molecular formula is C43H27N3O. The van der Waals surface area contributed by atoms with E-state index in [2.05, 4.69) is 91.0 Å². The highest BCUT2D eigenvalue weighted by atomic mass is 16.3. The van der Waals surface area contributed by atoms with Crippen molar-refractivity contribution >= 4 is 32.8 Å². The Bertz CT molecular complexity index is 2540. The predicted molar refractivity (Wildman–Crippen MR) is 192 cm³/mol. The quantitative estimate of drug-likeness (QED) is 0.197. The number of fused-ring (bicyclic) bond motifs is 4. The molecule has 0 aliphatic heterocycles. The summed E-state index contributed by atoms with van der Waals surface area (Å²) in [7, 11) is 0. The number of hydrogen-bond donors (Lipinski definition) is 0. The van der Waals surface area contributed by atoms with Gasteiger partial charge in [0.05, 0.1) is 27.8 Å². The van der Waals surface area contributed by atoms with E-state index in [-0.39, 0.29) is 0 Å². The lowest BCUT2D eigenvalue weighted by Crippen LogP contribution is -1.95. The molecule has 9 aromatic rings. The zero-order valence-corrected chi connectivity index (χ0v) is 25.3. The van der Waals surface area contributed by atoms with Gasteiger partial charge in [-0.1, -0.05) is 146 Å². The first-order valence-electron chi connectivity index (χ1n) is 15.7. The molecule has 0 bridgehead atoms. The van der Waals surface area contributed by atoms with Gasteiger partial charge in [-0.15, -0.1) is 0 Å². The van der Waals surface area contributed by atoms with E-state index in [9.17, 15) is 0 Å². The average molecular weight is 602 g/mol. The molecule has 3 heterocycles. The number of hydrogen-bond acceptors (Lipinski definition) is 4. The lowest BCUT2D eigenvalue weighted by molar-refractivity contribution is 0.636. The zero-order valence-electron chi connectivity index (χ0n) is 25.3. The van der Waals surface area contributed by atoms with Crippen LogP contribution in [0.15, 0.2) is 168 Å². The second kappa shape index (κ2) is 11.2. The van der Waals surface area contributed by atoms with Crippen LogP contribution in [0.1, 0.15) is 0 Å². The summed E-state index contributed by atoms with van der Waals surface area (Å²) in [6.07, 6.45) is 0. The SMILES string of the molecule is c1ccc(-c2nc(-c3ccc(-c4c(-c5ccccc5)oc5c4c(-c4ccccc4)nc4ccccc45)cc3)c3ccccc3n2)cc1. The van der Waals surface area contributed by atoms with Crippen LogP contribution in [0.4, 0.5) is 0 Å². The van der Waals surface area contributed by atoms with Crippen molar-refractivity contribution in [1.82, 2.24) is 15.0 Å². The summed E-state index contributed by atoms with van der Waals surface area (Å²) >= 11 is 0. The van der Waals surface area contributed by atoms with Gasteiger partial charge in [0, 0.05) is 38.6 Å². The molecule has 0 saturated carbocycles. The Morgan fingerprint density at radius 3 is 1.55 bits per heavy atom. The lowest BCUT2D eigenvalue weighted by atomic mass is 9.94. The van der Waals surface area contributed by atoms with E-state index >= 15 is 0 Å². The van der Waals surface area contributed by atoms with Gasteiger partial charge in [-0.05, 0) is 23.8 Å². The maximum atomic E-state index is 6.89. The second-order valence-corrected chi connectivity index (χ2v) is 11.6. The molecule has 0 radical (unpaired) electrons. The van der Waals surface area contributed by atoms with Crippen molar-refractivity contribution in [2.45, 2.75) is 0 Å². The molecule has 6 aromatic carbocycles. The van der Waals surface area contributed by atoms with Gasteiger partial charge in [-0.3, -0.25) is 0 Å². The van der Waals surface area contributed by atoms with Crippen molar-refractivity contribution in [2.75, 3.05) is 0 Å². The van der Waals surface area contributed by atoms with E-state index in [0.717, 1.165) is 83.3 Å². The monoisotopic (exact) mass is 601 g/mol. The van der Waals surface area contributed by atoms with Crippen molar-refractivity contribution in [3.05, 3.63) is 164 Å². The van der Waals surface area contributed by atoms with Gasteiger partial charge in [0.15, 0.2) is 5.82 Å². The third-order valence-corrected chi connectivity index (χ3v) is 8.69. The summed E-state index contributed by atoms with van der Waals surface area (Å²) in [5.41, 5.74) is 10.6. The largest absolute Gasteiger partial charge is 0.455 e. The molecule has 3 aromatic heterocycles. The molecule has 0 unspecified atom stereocenters. The maximum absolute atomic E-state index is 6.89. The number of aromatic nitrogens is 3. The third-order valence-electron chi connectivity index (χ3n) is 8.69. The predicted octanol–water partition coefficient (Wildman–Crippen LogP) is 11.3. The Morgan fingerprint density at radius 1 is 0.362 bits per heavy atom. The number of furan rings is 1. The standard InChI is InChI=1S/C43H27N3O/c1-4-14-29(15-5-1)40-38-37(41(31-16-6-2-7-17-31)47-42(38)34-21-11-13-23-36(34)44-40)28-24-26-30(27-25-28)39-33-20-10-12-22-35(33)45-43(46-39)32-18-8-3-9-19-32/h1-27H. The summed E-state index contributed by atoms with van der Waals surface area (Å²) < 4.78 is 6.89. The molecule has 47 heavy (non-hydrogen) atoms. The van der Waals surface area contributed by atoms with Crippen LogP contribution < -0.4 is 0 Å². The van der Waals surface area contributed by atoms with Crippen molar-refractivity contribution in [1.29, 1.82) is 0 Å². The normalized spacial score (nSPS) is 11.4. The minimum Gasteiger partial charge on any atom is -0.455 e. The molecule has 0 aliphatic carbocycles. The van der Waals surface area contributed by atoms with Crippen molar-refractivity contribution in [3.8, 4) is 56.4 Å². The third kappa shape index (κ3) is 4.66. The summed E-state index contributed by atoms with van der Waals surface area (Å²) in [4.78, 5) is 15.2. The molecule has 4 nitrogen and oxygen atoms in total. The Labute approximate surface area is 271 Å². The summed E-state index contributed by atoms with van der Waals surface area (Å²) in [5.74, 6) is 1.53. The molecule has 0 spiro atoms. The first-order chi connectivity index (χ1) is 23.3. The van der Waals surface area contributed by atoms with Crippen molar-refractivity contribution in [2.24, 2.45) is 0 Å². The van der Waals surface area contributed by atoms with E-state index in [1.807, 2.05) is 72.8 Å². The molecule has 0 fully saturated rings. The smallest absolute Gasteiger partial charge is 0.160 e. The highest BCUT2D eigenvalue weighted by Crippen LogP contribution is 2.47. The summed E-state index contributed by atoms with van der Waals surface area (Å²) in [5, 5.41) is 3.00. The van der Waals surface area contributed by atoms with Gasteiger partial charge in [0.25, 0.3) is 0 Å². The van der Waals surface area contributed by atoms with E-state index in [4.69, 9.17) is 19.4 Å². The molecule has 4 heteroatoms. The molecule has 0 saturated heterocycles. The molecule has 0 N–H and O–H groups in total. The van der Waals surface area contributed by atoms with Crippen molar-refractivity contribution in [3.63, 3.8) is 0 Å². The Kier molecular flexibility index (Phi) is 6.43. The molecule has 9 rings (SSSR count). The van der Waals surface area contributed by atoms with Gasteiger partial charge >= 0.3 is 0 Å². The maximum Gasteiger partial charge on any atom is 0.160 e. The van der Waals surface area contributed by atoms with Crippen LogP contribution in [0, 0.1) is 0 Å². The minimum atomic E-state index is 0.709. The number of pyridine rings is 1. The Balaban J connectivity index is 1.29. The fourth-order valence-corrected chi connectivity index (χ4v) is 6.47. The fourth-order valence-electron chi connectivity index (χ4n) is 6.47. The number of para-hydroxylation sites is 2. The van der Waals surface area contributed by atoms with Crippen LogP contribution in [0.3, 0.4) is 0 Å². The van der Waals surface area contributed by atoms with Crippen LogP contribution in [0.5, 0.6) is 0 Å². The first-order valence-corrected chi connectivity index (χ1v) is 15.7. The van der Waals surface area contributed by atoms with Gasteiger partial charge in [0.1, 0.15) is 11.3 Å². The number of nitrogens with zero attached hydrogens (tertiary/aromatic N) is 3. The molecule has 0 aliphatic rings. The number of benzene rings is 6. The van der Waals surface area contributed by atoms with Gasteiger partial charge in [0.2, 0.25) is 0 Å². The first kappa shape index (κ1) is 27.0. The van der Waals surface area contributed by atoms with E-state index in [0.29, 0.717) is 5.82 Å². The Hall–Kier alpha value is -6.39. The fraction of sp³-hybridized carbons (Fsp3) is 0. The highest BCUT2D eigenvalue weighted by Gasteiger charge is 2.24. The van der Waals surface area contributed by atoms with Gasteiger partial charge < -0.3 is 4.42 Å². The number of rotatable bonds is 5. The Morgan fingerprint density at radius 2 is 0.872 bits per heavy atom.